The highest BCUT2D eigenvalue weighted by atomic mass is 35.5. The first-order valence-corrected chi connectivity index (χ1v) is 10.3. The summed E-state index contributed by atoms with van der Waals surface area (Å²) >= 11 is 0. The van der Waals surface area contributed by atoms with Gasteiger partial charge in [-0.2, -0.15) is 4.31 Å². The fourth-order valence-corrected chi connectivity index (χ4v) is 5.43. The maximum absolute atomic E-state index is 12.8. The molecule has 25 heavy (non-hydrogen) atoms. The lowest BCUT2D eigenvalue weighted by atomic mass is 9.97. The molecule has 0 amide bonds. The number of likely N-dealkylation sites (tertiary alicyclic amines) is 1. The van der Waals surface area contributed by atoms with E-state index in [0.29, 0.717) is 6.04 Å². The van der Waals surface area contributed by atoms with Crippen molar-refractivity contribution in [2.45, 2.75) is 56.0 Å². The van der Waals surface area contributed by atoms with Gasteiger partial charge in [0.2, 0.25) is 10.0 Å². The number of piperidine rings is 1. The van der Waals surface area contributed by atoms with Crippen LogP contribution in [0.25, 0.3) is 0 Å². The Balaban J connectivity index is 0.00000225. The largest absolute Gasteiger partial charge is 0.508 e. The molecule has 0 bridgehead atoms. The van der Waals surface area contributed by atoms with Crippen molar-refractivity contribution in [3.8, 4) is 5.75 Å². The molecular weight excluding hydrogens is 360 g/mol. The minimum Gasteiger partial charge on any atom is -0.508 e. The summed E-state index contributed by atoms with van der Waals surface area (Å²) < 4.78 is 27.1. The number of nitrogens with zero attached hydrogens (tertiary/aromatic N) is 2. The molecule has 0 unspecified atom stereocenters. The SMILES string of the molecule is CC1CCN([C@H]2CC[C@@H](N(C)S(=O)(=O)c3cccc(O)c3)C2)CC1.Cl. The topological polar surface area (TPSA) is 60.9 Å². The molecule has 0 aromatic heterocycles. The Morgan fingerprint density at radius 2 is 1.84 bits per heavy atom. The summed E-state index contributed by atoms with van der Waals surface area (Å²) in [7, 11) is -1.88. The fraction of sp³-hybridized carbons (Fsp3) is 0.667. The van der Waals surface area contributed by atoms with Crippen molar-refractivity contribution in [1.29, 1.82) is 0 Å². The Labute approximate surface area is 157 Å². The second kappa shape index (κ2) is 8.25. The lowest BCUT2D eigenvalue weighted by molar-refractivity contribution is 0.136. The number of rotatable bonds is 4. The number of phenols is 1. The second-order valence-corrected chi connectivity index (χ2v) is 9.36. The molecule has 142 valence electrons. The maximum atomic E-state index is 12.8. The monoisotopic (exact) mass is 388 g/mol. The summed E-state index contributed by atoms with van der Waals surface area (Å²) in [5.74, 6) is 0.795. The van der Waals surface area contributed by atoms with Gasteiger partial charge in [0.05, 0.1) is 4.90 Å². The van der Waals surface area contributed by atoms with E-state index < -0.39 is 10.0 Å². The molecule has 1 aliphatic heterocycles. The molecule has 1 aromatic carbocycles. The zero-order valence-corrected chi connectivity index (χ0v) is 16.6. The minimum atomic E-state index is -3.55. The van der Waals surface area contributed by atoms with Crippen LogP contribution in [0, 0.1) is 5.92 Å². The van der Waals surface area contributed by atoms with Gasteiger partial charge < -0.3 is 10.0 Å². The van der Waals surface area contributed by atoms with Gasteiger partial charge in [-0.3, -0.25) is 0 Å². The molecule has 2 aliphatic rings. The number of halogens is 1. The molecule has 7 heteroatoms. The molecule has 1 N–H and O–H groups in total. The lowest BCUT2D eigenvalue weighted by Gasteiger charge is -2.35. The first kappa shape index (κ1) is 20.5. The molecule has 1 heterocycles. The van der Waals surface area contributed by atoms with Gasteiger partial charge in [0.1, 0.15) is 5.75 Å². The standard InChI is InChI=1S/C18H28N2O3S.ClH/c1-14-8-10-20(11-9-14)16-7-6-15(12-16)19(2)24(22,23)18-5-3-4-17(21)13-18;/h3-5,13-16,21H,6-12H2,1-2H3;1H/t15-,16+;/m1./s1. The molecule has 1 aromatic rings. The molecular formula is C18H29ClN2O3S. The zero-order chi connectivity index (χ0) is 17.3. The highest BCUT2D eigenvalue weighted by Crippen LogP contribution is 2.33. The maximum Gasteiger partial charge on any atom is 0.243 e. The predicted octanol–water partition coefficient (Wildman–Crippen LogP) is 3.09. The van der Waals surface area contributed by atoms with Gasteiger partial charge in [-0.1, -0.05) is 13.0 Å². The number of sulfonamides is 1. The van der Waals surface area contributed by atoms with Gasteiger partial charge in [-0.05, 0) is 69.3 Å². The van der Waals surface area contributed by atoms with Crippen LogP contribution in [0.4, 0.5) is 0 Å². The summed E-state index contributed by atoms with van der Waals surface area (Å²) in [5.41, 5.74) is 0. The van der Waals surface area contributed by atoms with Gasteiger partial charge >= 0.3 is 0 Å². The van der Waals surface area contributed by atoms with Gasteiger partial charge in [0.15, 0.2) is 0 Å². The van der Waals surface area contributed by atoms with E-state index in [-0.39, 0.29) is 29.1 Å². The van der Waals surface area contributed by atoms with E-state index in [0.717, 1.165) is 38.3 Å². The summed E-state index contributed by atoms with van der Waals surface area (Å²) in [5, 5.41) is 9.57. The molecule has 3 rings (SSSR count). The highest BCUT2D eigenvalue weighted by molar-refractivity contribution is 7.89. The zero-order valence-electron chi connectivity index (χ0n) is 15.0. The van der Waals surface area contributed by atoms with Crippen LogP contribution in [0.15, 0.2) is 29.2 Å². The normalized spacial score (nSPS) is 25.9. The summed E-state index contributed by atoms with van der Waals surface area (Å²) in [6, 6.07) is 6.48. The Kier molecular flexibility index (Phi) is 6.76. The van der Waals surface area contributed by atoms with E-state index in [1.807, 2.05) is 0 Å². The van der Waals surface area contributed by atoms with Crippen LogP contribution < -0.4 is 0 Å². The van der Waals surface area contributed by atoms with Gasteiger partial charge in [-0.15, -0.1) is 12.4 Å². The number of benzene rings is 1. The van der Waals surface area contributed by atoms with Crippen molar-refractivity contribution in [2.24, 2.45) is 5.92 Å². The van der Waals surface area contributed by atoms with Crippen molar-refractivity contribution < 1.29 is 13.5 Å². The summed E-state index contributed by atoms with van der Waals surface area (Å²) in [6.07, 6.45) is 5.38. The van der Waals surface area contributed by atoms with E-state index in [9.17, 15) is 13.5 Å². The van der Waals surface area contributed by atoms with Crippen LogP contribution in [0.1, 0.15) is 39.0 Å². The van der Waals surface area contributed by atoms with E-state index >= 15 is 0 Å². The Morgan fingerprint density at radius 3 is 2.48 bits per heavy atom. The Hall–Kier alpha value is -0.820. The van der Waals surface area contributed by atoms with Crippen LogP contribution in [0.5, 0.6) is 5.75 Å². The first-order valence-electron chi connectivity index (χ1n) is 8.89. The number of hydrogen-bond acceptors (Lipinski definition) is 4. The van der Waals surface area contributed by atoms with Gasteiger partial charge in [0, 0.05) is 19.1 Å². The van der Waals surface area contributed by atoms with E-state index in [2.05, 4.69) is 11.8 Å². The van der Waals surface area contributed by atoms with Gasteiger partial charge in [-0.25, -0.2) is 8.42 Å². The molecule has 1 saturated heterocycles. The number of hydrogen-bond donors (Lipinski definition) is 1. The third kappa shape index (κ3) is 4.48. The number of aromatic hydroxyl groups is 1. The predicted molar refractivity (Wildman–Crippen MR) is 102 cm³/mol. The number of phenolic OH excluding ortho intramolecular Hbond substituents is 1. The summed E-state index contributed by atoms with van der Waals surface area (Å²) in [4.78, 5) is 2.72. The molecule has 5 nitrogen and oxygen atoms in total. The molecule has 0 spiro atoms. The van der Waals surface area contributed by atoms with Crippen molar-refractivity contribution >= 4 is 22.4 Å². The quantitative estimate of drug-likeness (QED) is 0.860. The molecule has 2 fully saturated rings. The Morgan fingerprint density at radius 1 is 1.16 bits per heavy atom. The van der Waals surface area contributed by atoms with E-state index in [1.54, 1.807) is 19.2 Å². The average molecular weight is 389 g/mol. The minimum absolute atomic E-state index is 0. The lowest BCUT2D eigenvalue weighted by Crippen LogP contribution is -2.41. The molecule has 0 radical (unpaired) electrons. The van der Waals surface area contributed by atoms with Crippen LogP contribution in [-0.2, 0) is 10.0 Å². The molecule has 2 atom stereocenters. The van der Waals surface area contributed by atoms with E-state index in [4.69, 9.17) is 0 Å². The summed E-state index contributed by atoms with van der Waals surface area (Å²) in [6.45, 7) is 4.59. The third-order valence-corrected chi connectivity index (χ3v) is 7.63. The van der Waals surface area contributed by atoms with Crippen molar-refractivity contribution in [2.75, 3.05) is 20.1 Å². The average Bonchev–Trinajstić information content (AvgIpc) is 3.04. The Bertz CT molecular complexity index is 675. The third-order valence-electron chi connectivity index (χ3n) is 5.72. The van der Waals surface area contributed by atoms with Crippen LogP contribution in [0.2, 0.25) is 0 Å². The fourth-order valence-electron chi connectivity index (χ4n) is 4.00. The van der Waals surface area contributed by atoms with Crippen LogP contribution in [0.3, 0.4) is 0 Å². The highest BCUT2D eigenvalue weighted by Gasteiger charge is 2.37. The second-order valence-electron chi connectivity index (χ2n) is 7.36. The van der Waals surface area contributed by atoms with Crippen molar-refractivity contribution in [3.63, 3.8) is 0 Å². The van der Waals surface area contributed by atoms with E-state index in [1.165, 1.54) is 29.3 Å². The van der Waals surface area contributed by atoms with Gasteiger partial charge in [0.25, 0.3) is 0 Å². The van der Waals surface area contributed by atoms with Crippen molar-refractivity contribution in [3.05, 3.63) is 24.3 Å². The molecule has 1 aliphatic carbocycles. The molecule has 1 saturated carbocycles. The van der Waals surface area contributed by atoms with Crippen molar-refractivity contribution in [1.82, 2.24) is 9.21 Å². The smallest absolute Gasteiger partial charge is 0.243 e. The van der Waals surface area contributed by atoms with Crippen LogP contribution >= 0.6 is 12.4 Å². The van der Waals surface area contributed by atoms with Crippen LogP contribution in [-0.4, -0.2) is 55.0 Å². The first-order chi connectivity index (χ1) is 11.4.